The van der Waals surface area contributed by atoms with Gasteiger partial charge in [-0.05, 0) is 68.3 Å². The summed E-state index contributed by atoms with van der Waals surface area (Å²) in [4.78, 5) is 39.1. The van der Waals surface area contributed by atoms with Crippen molar-refractivity contribution in [2.45, 2.75) is 25.9 Å². The lowest BCUT2D eigenvalue weighted by Crippen LogP contribution is -2.41. The van der Waals surface area contributed by atoms with Crippen molar-refractivity contribution in [3.63, 3.8) is 0 Å². The Kier molecular flexibility index (Phi) is 6.82. The lowest BCUT2D eigenvalue weighted by atomic mass is 9.96. The Morgan fingerprint density at radius 3 is 2.10 bits per heavy atom. The molecule has 30 heavy (non-hydrogen) atoms. The highest BCUT2D eigenvalue weighted by Gasteiger charge is 2.31. The number of rotatable bonds is 6. The molecule has 1 heterocycles. The second-order valence-corrected chi connectivity index (χ2v) is 7.25. The molecule has 6 nitrogen and oxygen atoms in total. The smallest absolute Gasteiger partial charge is 0.309 e. The third kappa shape index (κ3) is 5.03. The Morgan fingerprint density at radius 1 is 0.967 bits per heavy atom. The predicted molar refractivity (Wildman–Crippen MR) is 108 cm³/mol. The van der Waals surface area contributed by atoms with Gasteiger partial charge in [0.05, 0.1) is 13.0 Å². The molecule has 0 bridgehead atoms. The Balaban J connectivity index is 1.51. The fourth-order valence-corrected chi connectivity index (χ4v) is 3.41. The zero-order chi connectivity index (χ0) is 21.7. The number of esters is 1. The van der Waals surface area contributed by atoms with Crippen LogP contribution in [0.5, 0.6) is 5.75 Å². The molecule has 2 aromatic rings. The van der Waals surface area contributed by atoms with E-state index in [-0.39, 0.29) is 17.6 Å². The summed E-state index contributed by atoms with van der Waals surface area (Å²) < 4.78 is 23.5. The molecule has 7 heteroatoms. The average Bonchev–Trinajstić information content (AvgIpc) is 2.78. The number of likely N-dealkylation sites (tertiary alicyclic amines) is 1. The molecule has 0 saturated carbocycles. The van der Waals surface area contributed by atoms with E-state index in [4.69, 9.17) is 9.47 Å². The predicted octanol–water partition coefficient (Wildman–Crippen LogP) is 3.50. The summed E-state index contributed by atoms with van der Waals surface area (Å²) in [5, 5.41) is 0. The normalized spacial score (nSPS) is 15.4. The Morgan fingerprint density at radius 2 is 1.53 bits per heavy atom. The van der Waals surface area contributed by atoms with E-state index in [2.05, 4.69) is 0 Å². The molecule has 3 rings (SSSR count). The van der Waals surface area contributed by atoms with Crippen LogP contribution in [-0.2, 0) is 9.53 Å². The minimum atomic E-state index is -0.898. The monoisotopic (exact) mass is 413 g/mol. The van der Waals surface area contributed by atoms with Crippen molar-refractivity contribution < 1.29 is 28.2 Å². The van der Waals surface area contributed by atoms with Crippen LogP contribution in [0.3, 0.4) is 0 Å². The molecular weight excluding hydrogens is 389 g/mol. The maximum absolute atomic E-state index is 13.0. The van der Waals surface area contributed by atoms with Crippen molar-refractivity contribution in [2.75, 3.05) is 20.2 Å². The van der Waals surface area contributed by atoms with Crippen molar-refractivity contribution in [1.29, 1.82) is 0 Å². The summed E-state index contributed by atoms with van der Waals surface area (Å²) in [6.45, 7) is 2.35. The van der Waals surface area contributed by atoms with Gasteiger partial charge in [0.25, 0.3) is 5.91 Å². The molecule has 0 aromatic heterocycles. The largest absolute Gasteiger partial charge is 0.497 e. The molecule has 0 N–H and O–H groups in total. The SMILES string of the molecule is COc1ccc(C(=O)[C@@H](C)OC(=O)C2CCN(C(=O)c3ccc(F)cc3)CC2)cc1. The first kappa shape index (κ1) is 21.5. The second-order valence-electron chi connectivity index (χ2n) is 7.25. The lowest BCUT2D eigenvalue weighted by Gasteiger charge is -2.31. The Bertz CT molecular complexity index is 902. The zero-order valence-electron chi connectivity index (χ0n) is 17.0. The molecule has 1 fully saturated rings. The van der Waals surface area contributed by atoms with Crippen LogP contribution in [-0.4, -0.2) is 48.9 Å². The first-order valence-electron chi connectivity index (χ1n) is 9.82. The number of nitrogens with zero attached hydrogens (tertiary/aromatic N) is 1. The van der Waals surface area contributed by atoms with Gasteiger partial charge < -0.3 is 14.4 Å². The quantitative estimate of drug-likeness (QED) is 0.535. The third-order valence-electron chi connectivity index (χ3n) is 5.24. The zero-order valence-corrected chi connectivity index (χ0v) is 17.0. The summed E-state index contributed by atoms with van der Waals surface area (Å²) >= 11 is 0. The van der Waals surface area contributed by atoms with Crippen LogP contribution < -0.4 is 4.74 Å². The lowest BCUT2D eigenvalue weighted by molar-refractivity contribution is -0.152. The third-order valence-corrected chi connectivity index (χ3v) is 5.24. The van der Waals surface area contributed by atoms with Crippen molar-refractivity contribution in [3.8, 4) is 5.75 Å². The van der Waals surface area contributed by atoms with Crippen LogP contribution in [0.2, 0.25) is 0 Å². The molecule has 0 spiro atoms. The molecule has 1 saturated heterocycles. The van der Waals surface area contributed by atoms with Gasteiger partial charge in [-0.15, -0.1) is 0 Å². The minimum Gasteiger partial charge on any atom is -0.497 e. The molecule has 1 atom stereocenters. The number of piperidine rings is 1. The molecule has 2 aromatic carbocycles. The number of halogens is 1. The number of carbonyl (C=O) groups is 3. The topological polar surface area (TPSA) is 72.9 Å². The summed E-state index contributed by atoms with van der Waals surface area (Å²) in [5.41, 5.74) is 0.854. The Hall–Kier alpha value is -3.22. The van der Waals surface area contributed by atoms with Crippen LogP contribution in [0.15, 0.2) is 48.5 Å². The van der Waals surface area contributed by atoms with Gasteiger partial charge >= 0.3 is 5.97 Å². The van der Waals surface area contributed by atoms with E-state index >= 15 is 0 Å². The van der Waals surface area contributed by atoms with Gasteiger partial charge in [-0.25, -0.2) is 4.39 Å². The van der Waals surface area contributed by atoms with Crippen LogP contribution in [0.25, 0.3) is 0 Å². The van der Waals surface area contributed by atoms with Crippen LogP contribution in [0.4, 0.5) is 4.39 Å². The van der Waals surface area contributed by atoms with E-state index in [9.17, 15) is 18.8 Å². The van der Waals surface area contributed by atoms with Crippen LogP contribution >= 0.6 is 0 Å². The van der Waals surface area contributed by atoms with Crippen LogP contribution in [0.1, 0.15) is 40.5 Å². The van der Waals surface area contributed by atoms with Gasteiger partial charge in [-0.1, -0.05) is 0 Å². The number of hydrogen-bond donors (Lipinski definition) is 0. The Labute approximate surface area is 174 Å². The fraction of sp³-hybridized carbons (Fsp3) is 0.348. The van der Waals surface area contributed by atoms with E-state index in [1.54, 1.807) is 43.2 Å². The molecular formula is C23H24FNO5. The fourth-order valence-electron chi connectivity index (χ4n) is 3.41. The maximum Gasteiger partial charge on any atom is 0.309 e. The first-order chi connectivity index (χ1) is 14.4. The van der Waals surface area contributed by atoms with Gasteiger partial charge in [-0.2, -0.15) is 0 Å². The van der Waals surface area contributed by atoms with Gasteiger partial charge in [-0.3, -0.25) is 14.4 Å². The van der Waals surface area contributed by atoms with E-state index in [1.165, 1.54) is 24.3 Å². The summed E-state index contributed by atoms with van der Waals surface area (Å²) in [5.74, 6) is -1.03. The van der Waals surface area contributed by atoms with Gasteiger partial charge in [0, 0.05) is 24.2 Å². The number of amides is 1. The molecule has 158 valence electrons. The van der Waals surface area contributed by atoms with E-state index in [1.807, 2.05) is 0 Å². The van der Waals surface area contributed by atoms with E-state index in [0.717, 1.165) is 0 Å². The van der Waals surface area contributed by atoms with E-state index in [0.29, 0.717) is 42.8 Å². The molecule has 0 aliphatic carbocycles. The first-order valence-corrected chi connectivity index (χ1v) is 9.82. The standard InChI is InChI=1S/C23H24FNO5/c1-15(21(26)16-5-9-20(29-2)10-6-16)30-23(28)18-11-13-25(14-12-18)22(27)17-3-7-19(24)8-4-17/h3-10,15,18H,11-14H2,1-2H3/t15-/m1/s1. The number of ketones is 1. The van der Waals surface area contributed by atoms with Crippen LogP contribution in [0, 0.1) is 11.7 Å². The minimum absolute atomic E-state index is 0.190. The highest BCUT2D eigenvalue weighted by molar-refractivity contribution is 6.00. The van der Waals surface area contributed by atoms with Gasteiger partial charge in [0.2, 0.25) is 5.78 Å². The number of methoxy groups -OCH3 is 1. The molecule has 1 aliphatic heterocycles. The molecule has 0 unspecified atom stereocenters. The molecule has 1 amide bonds. The van der Waals surface area contributed by atoms with Crippen molar-refractivity contribution in [1.82, 2.24) is 4.90 Å². The van der Waals surface area contributed by atoms with Crippen molar-refractivity contribution >= 4 is 17.7 Å². The van der Waals surface area contributed by atoms with Gasteiger partial charge in [0.1, 0.15) is 11.6 Å². The number of ether oxygens (including phenoxy) is 2. The highest BCUT2D eigenvalue weighted by atomic mass is 19.1. The number of Topliss-reactive ketones (excluding diaryl/α,β-unsaturated/α-hetero) is 1. The van der Waals surface area contributed by atoms with Gasteiger partial charge in [0.15, 0.2) is 6.10 Å². The summed E-state index contributed by atoms with van der Waals surface area (Å²) in [6, 6.07) is 12.0. The van der Waals surface area contributed by atoms with Crippen molar-refractivity contribution in [3.05, 3.63) is 65.5 Å². The maximum atomic E-state index is 13.0. The second kappa shape index (κ2) is 9.52. The average molecular weight is 413 g/mol. The number of benzene rings is 2. The van der Waals surface area contributed by atoms with E-state index < -0.39 is 17.9 Å². The summed E-state index contributed by atoms with van der Waals surface area (Å²) in [6.07, 6.45) is 0.00881. The summed E-state index contributed by atoms with van der Waals surface area (Å²) in [7, 11) is 1.54. The highest BCUT2D eigenvalue weighted by Crippen LogP contribution is 2.22. The molecule has 1 aliphatic rings. The number of carbonyl (C=O) groups excluding carboxylic acids is 3. The number of hydrogen-bond acceptors (Lipinski definition) is 5. The van der Waals surface area contributed by atoms with Crippen molar-refractivity contribution in [2.24, 2.45) is 5.92 Å². The molecule has 0 radical (unpaired) electrons.